The predicted molar refractivity (Wildman–Crippen MR) is 72.7 cm³/mol. The SMILES string of the molecule is Cc1cc(Oc2c(F)cc(C=O)cc2F)cc(C)c1Cl. The summed E-state index contributed by atoms with van der Waals surface area (Å²) in [6.07, 6.45) is 0.368. The minimum atomic E-state index is -0.933. The Morgan fingerprint density at radius 3 is 2.00 bits per heavy atom. The van der Waals surface area contributed by atoms with Crippen LogP contribution in [0.4, 0.5) is 8.78 Å². The van der Waals surface area contributed by atoms with E-state index in [-0.39, 0.29) is 11.3 Å². The van der Waals surface area contributed by atoms with Crippen LogP contribution in [-0.4, -0.2) is 6.29 Å². The number of benzene rings is 2. The summed E-state index contributed by atoms with van der Waals surface area (Å²) in [4.78, 5) is 10.5. The number of aryl methyl sites for hydroxylation is 2. The predicted octanol–water partition coefficient (Wildman–Crippen LogP) is 4.84. The molecule has 20 heavy (non-hydrogen) atoms. The van der Waals surface area contributed by atoms with E-state index in [4.69, 9.17) is 16.3 Å². The van der Waals surface area contributed by atoms with Gasteiger partial charge in [-0.15, -0.1) is 0 Å². The summed E-state index contributed by atoms with van der Waals surface area (Å²) in [5, 5.41) is 0.578. The quantitative estimate of drug-likeness (QED) is 0.758. The van der Waals surface area contributed by atoms with Crippen LogP contribution in [0, 0.1) is 25.5 Å². The molecule has 0 bridgehead atoms. The first-order valence-electron chi connectivity index (χ1n) is 5.81. The summed E-state index contributed by atoms with van der Waals surface area (Å²) >= 11 is 6.01. The van der Waals surface area contributed by atoms with Gasteiger partial charge in [-0.3, -0.25) is 4.79 Å². The molecular formula is C15H11ClF2O2. The van der Waals surface area contributed by atoms with Gasteiger partial charge in [-0.2, -0.15) is 0 Å². The van der Waals surface area contributed by atoms with E-state index in [9.17, 15) is 13.6 Å². The van der Waals surface area contributed by atoms with E-state index in [1.165, 1.54) is 0 Å². The number of hydrogen-bond donors (Lipinski definition) is 0. The average Bonchev–Trinajstić information content (AvgIpc) is 2.39. The van der Waals surface area contributed by atoms with E-state index < -0.39 is 17.4 Å². The van der Waals surface area contributed by atoms with Gasteiger partial charge in [0, 0.05) is 10.6 Å². The fourth-order valence-corrected chi connectivity index (χ4v) is 1.94. The highest BCUT2D eigenvalue weighted by molar-refractivity contribution is 6.32. The molecule has 104 valence electrons. The van der Waals surface area contributed by atoms with Crippen molar-refractivity contribution in [2.45, 2.75) is 13.8 Å². The average molecular weight is 297 g/mol. The van der Waals surface area contributed by atoms with Gasteiger partial charge in [-0.05, 0) is 49.2 Å². The summed E-state index contributed by atoms with van der Waals surface area (Å²) in [5.41, 5.74) is 1.40. The molecule has 0 radical (unpaired) electrons. The van der Waals surface area contributed by atoms with Crippen molar-refractivity contribution in [3.63, 3.8) is 0 Å². The maximum atomic E-state index is 13.7. The minimum Gasteiger partial charge on any atom is -0.451 e. The molecule has 0 atom stereocenters. The van der Waals surface area contributed by atoms with Gasteiger partial charge in [0.2, 0.25) is 0 Å². The highest BCUT2D eigenvalue weighted by Gasteiger charge is 2.14. The number of hydrogen-bond acceptors (Lipinski definition) is 2. The van der Waals surface area contributed by atoms with Crippen LogP contribution in [-0.2, 0) is 0 Å². The van der Waals surface area contributed by atoms with E-state index in [1.54, 1.807) is 26.0 Å². The number of rotatable bonds is 3. The van der Waals surface area contributed by atoms with Gasteiger partial charge < -0.3 is 4.74 Å². The summed E-state index contributed by atoms with van der Waals surface area (Å²) in [7, 11) is 0. The second-order valence-electron chi connectivity index (χ2n) is 4.40. The zero-order valence-corrected chi connectivity index (χ0v) is 11.6. The first kappa shape index (κ1) is 14.5. The third kappa shape index (κ3) is 2.80. The largest absolute Gasteiger partial charge is 0.451 e. The van der Waals surface area contributed by atoms with Crippen LogP contribution in [0.1, 0.15) is 21.5 Å². The Labute approximate surface area is 119 Å². The molecule has 5 heteroatoms. The number of carbonyl (C=O) groups is 1. The van der Waals surface area contributed by atoms with Crippen LogP contribution in [0.25, 0.3) is 0 Å². The lowest BCUT2D eigenvalue weighted by Gasteiger charge is -2.11. The minimum absolute atomic E-state index is 0.0872. The normalized spacial score (nSPS) is 10.4. The molecule has 0 saturated carbocycles. The molecule has 2 aromatic rings. The molecule has 0 aromatic heterocycles. The lowest BCUT2D eigenvalue weighted by molar-refractivity contribution is 0.112. The van der Waals surface area contributed by atoms with E-state index in [0.717, 1.165) is 23.3 Å². The summed E-state index contributed by atoms with van der Waals surface area (Å²) in [6.45, 7) is 3.54. The number of halogens is 3. The highest BCUT2D eigenvalue weighted by Crippen LogP contribution is 2.32. The van der Waals surface area contributed by atoms with Crippen molar-refractivity contribution in [2.75, 3.05) is 0 Å². The van der Waals surface area contributed by atoms with Gasteiger partial charge in [-0.25, -0.2) is 8.78 Å². The Kier molecular flexibility index (Phi) is 4.04. The smallest absolute Gasteiger partial charge is 0.198 e. The lowest BCUT2D eigenvalue weighted by Crippen LogP contribution is -1.96. The molecule has 2 aromatic carbocycles. The van der Waals surface area contributed by atoms with Gasteiger partial charge in [-0.1, -0.05) is 11.6 Å². The van der Waals surface area contributed by atoms with Crippen molar-refractivity contribution in [1.82, 2.24) is 0 Å². The zero-order valence-electron chi connectivity index (χ0n) is 10.8. The number of ether oxygens (including phenoxy) is 1. The zero-order chi connectivity index (χ0) is 14.9. The van der Waals surface area contributed by atoms with Gasteiger partial charge in [0.1, 0.15) is 12.0 Å². The molecular weight excluding hydrogens is 286 g/mol. The van der Waals surface area contributed by atoms with Crippen molar-refractivity contribution in [3.8, 4) is 11.5 Å². The monoisotopic (exact) mass is 296 g/mol. The van der Waals surface area contributed by atoms with Crippen LogP contribution in [0.2, 0.25) is 5.02 Å². The van der Waals surface area contributed by atoms with E-state index in [1.807, 2.05) is 0 Å². The van der Waals surface area contributed by atoms with Crippen molar-refractivity contribution in [2.24, 2.45) is 0 Å². The first-order valence-corrected chi connectivity index (χ1v) is 6.19. The number of carbonyl (C=O) groups excluding carboxylic acids is 1. The van der Waals surface area contributed by atoms with Crippen molar-refractivity contribution in [1.29, 1.82) is 0 Å². The van der Waals surface area contributed by atoms with E-state index in [2.05, 4.69) is 0 Å². The second kappa shape index (κ2) is 5.59. The third-order valence-corrected chi connectivity index (χ3v) is 3.38. The van der Waals surface area contributed by atoms with Gasteiger partial charge >= 0.3 is 0 Å². The molecule has 0 N–H and O–H groups in total. The summed E-state index contributed by atoms with van der Waals surface area (Å²) < 4.78 is 32.7. The lowest BCUT2D eigenvalue weighted by atomic mass is 10.1. The molecule has 0 aliphatic heterocycles. The Balaban J connectivity index is 2.42. The molecule has 0 saturated heterocycles. The van der Waals surface area contributed by atoms with Crippen LogP contribution < -0.4 is 4.74 Å². The Hall–Kier alpha value is -1.94. The van der Waals surface area contributed by atoms with Crippen LogP contribution in [0.15, 0.2) is 24.3 Å². The number of aldehydes is 1. The maximum Gasteiger partial charge on any atom is 0.198 e. The standard InChI is InChI=1S/C15H11ClF2O2/c1-8-3-11(4-9(2)14(8)16)20-15-12(17)5-10(7-19)6-13(15)18/h3-7H,1-2H3. The Morgan fingerprint density at radius 2 is 1.55 bits per heavy atom. The van der Waals surface area contributed by atoms with Crippen molar-refractivity contribution < 1.29 is 18.3 Å². The van der Waals surface area contributed by atoms with Crippen LogP contribution >= 0.6 is 11.6 Å². The van der Waals surface area contributed by atoms with Gasteiger partial charge in [0.05, 0.1) is 0 Å². The van der Waals surface area contributed by atoms with Crippen LogP contribution in [0.5, 0.6) is 11.5 Å². The molecule has 0 unspecified atom stereocenters. The maximum absolute atomic E-state index is 13.7. The molecule has 0 aliphatic rings. The topological polar surface area (TPSA) is 26.3 Å². The molecule has 0 spiro atoms. The molecule has 0 heterocycles. The molecule has 0 amide bonds. The summed E-state index contributed by atoms with van der Waals surface area (Å²) in [6, 6.07) is 5.01. The molecule has 0 aliphatic carbocycles. The molecule has 2 rings (SSSR count). The fraction of sp³-hybridized carbons (Fsp3) is 0.133. The van der Waals surface area contributed by atoms with Crippen LogP contribution in [0.3, 0.4) is 0 Å². The van der Waals surface area contributed by atoms with Gasteiger partial charge in [0.25, 0.3) is 0 Å². The van der Waals surface area contributed by atoms with Gasteiger partial charge in [0.15, 0.2) is 17.4 Å². The van der Waals surface area contributed by atoms with Crippen molar-refractivity contribution >= 4 is 17.9 Å². The summed E-state index contributed by atoms with van der Waals surface area (Å²) in [5.74, 6) is -2.13. The van der Waals surface area contributed by atoms with Crippen molar-refractivity contribution in [3.05, 3.63) is 57.6 Å². The molecule has 2 nitrogen and oxygen atoms in total. The van der Waals surface area contributed by atoms with E-state index >= 15 is 0 Å². The molecule has 0 fully saturated rings. The fourth-order valence-electron chi connectivity index (χ4n) is 1.83. The third-order valence-electron chi connectivity index (χ3n) is 2.79. The highest BCUT2D eigenvalue weighted by atomic mass is 35.5. The van der Waals surface area contributed by atoms with E-state index in [0.29, 0.717) is 11.3 Å². The Morgan fingerprint density at radius 1 is 1.05 bits per heavy atom. The first-order chi connectivity index (χ1) is 9.42. The Bertz CT molecular complexity index is 638. The second-order valence-corrected chi connectivity index (χ2v) is 4.78.